The summed E-state index contributed by atoms with van der Waals surface area (Å²) in [5.74, 6) is 1.25. The SMILES string of the molecule is Cc1nc2ccccc2n1-c1cc(C#N)cc(Nc2ccc(OC(F)(F)F)cc2)n1. The second-order valence-electron chi connectivity index (χ2n) is 6.39. The molecule has 0 radical (unpaired) electrons. The van der Waals surface area contributed by atoms with Crippen molar-refractivity contribution >= 4 is 22.5 Å². The summed E-state index contributed by atoms with van der Waals surface area (Å²) in [5.41, 5.74) is 2.51. The van der Waals surface area contributed by atoms with E-state index in [1.54, 1.807) is 12.1 Å². The van der Waals surface area contributed by atoms with E-state index in [0.29, 0.717) is 28.7 Å². The first kappa shape index (κ1) is 19.3. The molecule has 0 aliphatic carbocycles. The molecular formula is C21H14F3N5O. The molecule has 6 nitrogen and oxygen atoms in total. The Balaban J connectivity index is 1.69. The molecule has 2 aromatic heterocycles. The molecule has 4 rings (SSSR count). The molecule has 0 bridgehead atoms. The van der Waals surface area contributed by atoms with Crippen LogP contribution < -0.4 is 10.1 Å². The van der Waals surface area contributed by atoms with Crippen molar-refractivity contribution in [2.45, 2.75) is 13.3 Å². The number of aryl methyl sites for hydroxylation is 1. The summed E-state index contributed by atoms with van der Waals surface area (Å²) >= 11 is 0. The maximum absolute atomic E-state index is 12.3. The van der Waals surface area contributed by atoms with Crippen LogP contribution in [0.5, 0.6) is 5.75 Å². The number of halogens is 3. The zero-order chi connectivity index (χ0) is 21.3. The van der Waals surface area contributed by atoms with E-state index in [1.165, 1.54) is 24.3 Å². The number of nitriles is 1. The third-order valence-electron chi connectivity index (χ3n) is 4.26. The first-order valence-electron chi connectivity index (χ1n) is 8.82. The van der Waals surface area contributed by atoms with Gasteiger partial charge in [0, 0.05) is 5.69 Å². The predicted molar refractivity (Wildman–Crippen MR) is 105 cm³/mol. The minimum absolute atomic E-state index is 0.326. The second kappa shape index (κ2) is 7.40. The van der Waals surface area contributed by atoms with Gasteiger partial charge in [-0.1, -0.05) is 12.1 Å². The van der Waals surface area contributed by atoms with Crippen molar-refractivity contribution in [3.05, 3.63) is 72.1 Å². The van der Waals surface area contributed by atoms with E-state index >= 15 is 0 Å². The highest BCUT2D eigenvalue weighted by molar-refractivity contribution is 5.78. The van der Waals surface area contributed by atoms with Gasteiger partial charge >= 0.3 is 6.36 Å². The number of imidazole rings is 1. The highest BCUT2D eigenvalue weighted by atomic mass is 19.4. The number of alkyl halides is 3. The first-order valence-corrected chi connectivity index (χ1v) is 8.82. The Morgan fingerprint density at radius 1 is 1.03 bits per heavy atom. The molecule has 4 aromatic rings. The van der Waals surface area contributed by atoms with Crippen LogP contribution in [0.2, 0.25) is 0 Å². The van der Waals surface area contributed by atoms with E-state index in [4.69, 9.17) is 0 Å². The van der Waals surface area contributed by atoms with Crippen LogP contribution in [-0.2, 0) is 0 Å². The monoisotopic (exact) mass is 409 g/mol. The maximum atomic E-state index is 12.3. The molecular weight excluding hydrogens is 395 g/mol. The molecule has 0 saturated heterocycles. The first-order chi connectivity index (χ1) is 14.3. The van der Waals surface area contributed by atoms with Gasteiger partial charge in [0.1, 0.15) is 23.2 Å². The van der Waals surface area contributed by atoms with E-state index in [-0.39, 0.29) is 5.75 Å². The van der Waals surface area contributed by atoms with Gasteiger partial charge in [-0.15, -0.1) is 13.2 Å². The Morgan fingerprint density at radius 3 is 2.47 bits per heavy atom. The Hall–Kier alpha value is -4.06. The van der Waals surface area contributed by atoms with Crippen molar-refractivity contribution in [1.82, 2.24) is 14.5 Å². The molecule has 0 unspecified atom stereocenters. The smallest absolute Gasteiger partial charge is 0.406 e. The van der Waals surface area contributed by atoms with Crippen molar-refractivity contribution in [2.75, 3.05) is 5.32 Å². The number of nitrogens with one attached hydrogen (secondary N) is 1. The highest BCUT2D eigenvalue weighted by Gasteiger charge is 2.30. The van der Waals surface area contributed by atoms with Gasteiger partial charge in [-0.3, -0.25) is 4.57 Å². The second-order valence-corrected chi connectivity index (χ2v) is 6.39. The molecule has 150 valence electrons. The fourth-order valence-electron chi connectivity index (χ4n) is 3.08. The average molecular weight is 409 g/mol. The van der Waals surface area contributed by atoms with Gasteiger partial charge in [0.25, 0.3) is 0 Å². The van der Waals surface area contributed by atoms with Crippen molar-refractivity contribution < 1.29 is 17.9 Å². The number of nitrogens with zero attached hydrogens (tertiary/aromatic N) is 4. The van der Waals surface area contributed by atoms with Gasteiger partial charge in [-0.2, -0.15) is 5.26 Å². The number of fused-ring (bicyclic) bond motifs is 1. The number of hydrogen-bond donors (Lipinski definition) is 1. The Labute approximate surface area is 169 Å². The third-order valence-corrected chi connectivity index (χ3v) is 4.26. The average Bonchev–Trinajstić information content (AvgIpc) is 3.04. The fraction of sp³-hybridized carbons (Fsp3) is 0.0952. The lowest BCUT2D eigenvalue weighted by atomic mass is 10.2. The standard InChI is InChI=1S/C21H14F3N5O/c1-13-26-17-4-2-3-5-18(17)29(13)20-11-14(12-25)10-19(28-20)27-15-6-8-16(9-7-15)30-21(22,23)24/h2-11H,1H3,(H,27,28). The van der Waals surface area contributed by atoms with Crippen LogP contribution in [0, 0.1) is 18.3 Å². The summed E-state index contributed by atoms with van der Waals surface area (Å²) in [6, 6.07) is 18.1. The number of pyridine rings is 1. The number of para-hydroxylation sites is 2. The van der Waals surface area contributed by atoms with Gasteiger partial charge in [0.05, 0.1) is 22.7 Å². The maximum Gasteiger partial charge on any atom is 0.573 e. The topological polar surface area (TPSA) is 75.8 Å². The van der Waals surface area contributed by atoms with E-state index < -0.39 is 6.36 Å². The predicted octanol–water partition coefficient (Wildman–Crippen LogP) is 5.24. The van der Waals surface area contributed by atoms with Crippen LogP contribution in [0.1, 0.15) is 11.4 Å². The molecule has 0 saturated carbocycles. The lowest BCUT2D eigenvalue weighted by molar-refractivity contribution is -0.274. The minimum Gasteiger partial charge on any atom is -0.406 e. The summed E-state index contributed by atoms with van der Waals surface area (Å²) in [6.07, 6.45) is -4.75. The molecule has 9 heteroatoms. The summed E-state index contributed by atoms with van der Waals surface area (Å²) in [7, 11) is 0. The third kappa shape index (κ3) is 4.03. The molecule has 30 heavy (non-hydrogen) atoms. The van der Waals surface area contributed by atoms with E-state index in [9.17, 15) is 18.4 Å². The lowest BCUT2D eigenvalue weighted by Gasteiger charge is -2.12. The van der Waals surface area contributed by atoms with Gasteiger partial charge in [-0.05, 0) is 55.5 Å². The molecule has 0 aliphatic rings. The van der Waals surface area contributed by atoms with Gasteiger partial charge < -0.3 is 10.1 Å². The summed E-state index contributed by atoms with van der Waals surface area (Å²) < 4.78 is 42.6. The minimum atomic E-state index is -4.75. The molecule has 0 spiro atoms. The fourth-order valence-corrected chi connectivity index (χ4v) is 3.08. The lowest BCUT2D eigenvalue weighted by Crippen LogP contribution is -2.16. The zero-order valence-electron chi connectivity index (χ0n) is 15.6. The largest absolute Gasteiger partial charge is 0.573 e. The van der Waals surface area contributed by atoms with Gasteiger partial charge in [-0.25, -0.2) is 9.97 Å². The van der Waals surface area contributed by atoms with Crippen LogP contribution in [0.15, 0.2) is 60.7 Å². The number of rotatable bonds is 4. The van der Waals surface area contributed by atoms with Crippen LogP contribution >= 0.6 is 0 Å². The van der Waals surface area contributed by atoms with Crippen LogP contribution in [-0.4, -0.2) is 20.9 Å². The van der Waals surface area contributed by atoms with Crippen molar-refractivity contribution in [1.29, 1.82) is 5.26 Å². The molecule has 0 fully saturated rings. The number of benzene rings is 2. The summed E-state index contributed by atoms with van der Waals surface area (Å²) in [5, 5.41) is 12.4. The van der Waals surface area contributed by atoms with Crippen molar-refractivity contribution in [2.24, 2.45) is 0 Å². The van der Waals surface area contributed by atoms with Crippen molar-refractivity contribution in [3.63, 3.8) is 0 Å². The van der Waals surface area contributed by atoms with Crippen LogP contribution in [0.25, 0.3) is 16.9 Å². The summed E-state index contributed by atoms with van der Waals surface area (Å²) in [4.78, 5) is 9.07. The number of hydrogen-bond acceptors (Lipinski definition) is 5. The highest BCUT2D eigenvalue weighted by Crippen LogP contribution is 2.26. The zero-order valence-corrected chi connectivity index (χ0v) is 15.6. The Morgan fingerprint density at radius 2 is 1.77 bits per heavy atom. The molecule has 2 aromatic carbocycles. The Bertz CT molecular complexity index is 1260. The Kier molecular flexibility index (Phi) is 4.75. The van der Waals surface area contributed by atoms with Gasteiger partial charge in [0.15, 0.2) is 0 Å². The number of ether oxygens (including phenoxy) is 1. The quantitative estimate of drug-likeness (QED) is 0.499. The number of aromatic nitrogens is 3. The normalized spacial score (nSPS) is 11.3. The van der Waals surface area contributed by atoms with E-state index in [0.717, 1.165) is 11.0 Å². The number of anilines is 2. The summed E-state index contributed by atoms with van der Waals surface area (Å²) in [6.45, 7) is 1.84. The van der Waals surface area contributed by atoms with Crippen LogP contribution in [0.3, 0.4) is 0 Å². The van der Waals surface area contributed by atoms with E-state index in [1.807, 2.05) is 35.8 Å². The molecule has 0 aliphatic heterocycles. The van der Waals surface area contributed by atoms with Crippen LogP contribution in [0.4, 0.5) is 24.7 Å². The molecule has 2 heterocycles. The van der Waals surface area contributed by atoms with E-state index in [2.05, 4.69) is 26.1 Å². The molecule has 0 atom stereocenters. The van der Waals surface area contributed by atoms with Gasteiger partial charge in [0.2, 0.25) is 0 Å². The molecule has 1 N–H and O–H groups in total. The van der Waals surface area contributed by atoms with Crippen molar-refractivity contribution in [3.8, 4) is 17.6 Å². The molecule has 0 amide bonds.